The normalized spacial score (nSPS) is 20.0. The third kappa shape index (κ3) is 2.19. The molecule has 0 spiro atoms. The van der Waals surface area contributed by atoms with Crippen molar-refractivity contribution in [3.63, 3.8) is 0 Å². The standard InChI is InChI=1S/C15H18N4O2/c1-2-13(20)19(15(14(16)21)8-3-4-9-15)12-7-10-18(17-12)11-5-6-11/h1,7,10-11H,3-6,8-9H2,(H2,16,21). The van der Waals surface area contributed by atoms with E-state index in [1.54, 1.807) is 6.07 Å². The lowest BCUT2D eigenvalue weighted by Crippen LogP contribution is -2.58. The Morgan fingerprint density at radius 1 is 1.43 bits per heavy atom. The molecule has 0 radical (unpaired) electrons. The van der Waals surface area contributed by atoms with E-state index in [1.165, 1.54) is 4.90 Å². The average molecular weight is 286 g/mol. The third-order valence-corrected chi connectivity index (χ3v) is 4.39. The molecule has 6 heteroatoms. The molecule has 2 saturated carbocycles. The molecule has 6 nitrogen and oxygen atoms in total. The number of primary amides is 1. The lowest BCUT2D eigenvalue weighted by molar-refractivity contribution is -0.126. The van der Waals surface area contributed by atoms with Crippen LogP contribution in [0.15, 0.2) is 12.3 Å². The van der Waals surface area contributed by atoms with Gasteiger partial charge in [0.25, 0.3) is 0 Å². The number of amides is 2. The highest BCUT2D eigenvalue weighted by Crippen LogP contribution is 2.39. The fraction of sp³-hybridized carbons (Fsp3) is 0.533. The Morgan fingerprint density at radius 3 is 2.62 bits per heavy atom. The minimum absolute atomic E-state index is 0.398. The molecule has 0 aliphatic heterocycles. The molecule has 0 unspecified atom stereocenters. The smallest absolute Gasteiger partial charge is 0.304 e. The van der Waals surface area contributed by atoms with Crippen LogP contribution in [0, 0.1) is 12.3 Å². The summed E-state index contributed by atoms with van der Waals surface area (Å²) in [6.07, 6.45) is 12.1. The summed E-state index contributed by atoms with van der Waals surface area (Å²) >= 11 is 0. The van der Waals surface area contributed by atoms with Crippen LogP contribution >= 0.6 is 0 Å². The maximum Gasteiger partial charge on any atom is 0.304 e. The Bertz CT molecular complexity index is 618. The van der Waals surface area contributed by atoms with E-state index in [1.807, 2.05) is 10.9 Å². The van der Waals surface area contributed by atoms with Crippen molar-refractivity contribution in [3.8, 4) is 12.3 Å². The maximum atomic E-state index is 12.2. The van der Waals surface area contributed by atoms with Gasteiger partial charge in [-0.05, 0) is 31.6 Å². The van der Waals surface area contributed by atoms with Gasteiger partial charge in [-0.2, -0.15) is 5.10 Å². The Labute approximate surface area is 123 Å². The molecule has 2 amide bonds. The topological polar surface area (TPSA) is 81.2 Å². The molecule has 2 fully saturated rings. The van der Waals surface area contributed by atoms with Crippen LogP contribution in [0.5, 0.6) is 0 Å². The zero-order valence-electron chi connectivity index (χ0n) is 11.8. The SMILES string of the molecule is C#CC(=O)N(c1ccn(C2CC2)n1)C1(C(N)=O)CCCC1. The zero-order chi connectivity index (χ0) is 15.0. The van der Waals surface area contributed by atoms with Crippen molar-refractivity contribution in [1.29, 1.82) is 0 Å². The van der Waals surface area contributed by atoms with E-state index < -0.39 is 17.4 Å². The van der Waals surface area contributed by atoms with E-state index in [9.17, 15) is 9.59 Å². The number of anilines is 1. The minimum Gasteiger partial charge on any atom is -0.368 e. The van der Waals surface area contributed by atoms with Gasteiger partial charge >= 0.3 is 5.91 Å². The van der Waals surface area contributed by atoms with Gasteiger partial charge in [-0.25, -0.2) is 0 Å². The van der Waals surface area contributed by atoms with E-state index in [0.717, 1.165) is 25.7 Å². The highest BCUT2D eigenvalue weighted by molar-refractivity contribution is 6.10. The Morgan fingerprint density at radius 2 is 2.10 bits per heavy atom. The van der Waals surface area contributed by atoms with Crippen LogP contribution in [0.4, 0.5) is 5.82 Å². The van der Waals surface area contributed by atoms with Crippen molar-refractivity contribution in [2.45, 2.75) is 50.1 Å². The lowest BCUT2D eigenvalue weighted by Gasteiger charge is -2.35. The van der Waals surface area contributed by atoms with Crippen molar-refractivity contribution in [3.05, 3.63) is 12.3 Å². The minimum atomic E-state index is -1.04. The van der Waals surface area contributed by atoms with E-state index in [0.29, 0.717) is 24.7 Å². The third-order valence-electron chi connectivity index (χ3n) is 4.39. The molecule has 0 aromatic carbocycles. The highest BCUT2D eigenvalue weighted by Gasteiger charge is 2.48. The Balaban J connectivity index is 2.02. The summed E-state index contributed by atoms with van der Waals surface area (Å²) < 4.78 is 1.83. The molecule has 1 heterocycles. The van der Waals surface area contributed by atoms with Crippen molar-refractivity contribution in [1.82, 2.24) is 9.78 Å². The van der Waals surface area contributed by atoms with Crippen LogP contribution < -0.4 is 10.6 Å². The van der Waals surface area contributed by atoms with Gasteiger partial charge in [0.2, 0.25) is 5.91 Å². The Kier molecular flexibility index (Phi) is 3.20. The second-order valence-electron chi connectivity index (χ2n) is 5.77. The number of nitrogens with zero attached hydrogens (tertiary/aromatic N) is 3. The fourth-order valence-electron chi connectivity index (χ4n) is 3.11. The van der Waals surface area contributed by atoms with Gasteiger partial charge < -0.3 is 5.73 Å². The highest BCUT2D eigenvalue weighted by atomic mass is 16.2. The van der Waals surface area contributed by atoms with E-state index in [-0.39, 0.29) is 0 Å². The van der Waals surface area contributed by atoms with Gasteiger partial charge in [0, 0.05) is 12.3 Å². The van der Waals surface area contributed by atoms with Crippen molar-refractivity contribution < 1.29 is 9.59 Å². The van der Waals surface area contributed by atoms with Crippen molar-refractivity contribution in [2.24, 2.45) is 5.73 Å². The summed E-state index contributed by atoms with van der Waals surface area (Å²) in [6, 6.07) is 2.13. The summed E-state index contributed by atoms with van der Waals surface area (Å²) in [6.45, 7) is 0. The average Bonchev–Trinajstić information content (AvgIpc) is 3.01. The molecule has 21 heavy (non-hydrogen) atoms. The first-order valence-corrected chi connectivity index (χ1v) is 7.24. The molecule has 2 aliphatic rings. The van der Waals surface area contributed by atoms with Crippen LogP contribution in [0.25, 0.3) is 0 Å². The Hall–Kier alpha value is -2.29. The lowest BCUT2D eigenvalue weighted by atomic mass is 9.93. The van der Waals surface area contributed by atoms with Gasteiger partial charge in [-0.3, -0.25) is 19.2 Å². The second kappa shape index (κ2) is 4.92. The number of hydrogen-bond donors (Lipinski definition) is 1. The van der Waals surface area contributed by atoms with Gasteiger partial charge in [-0.1, -0.05) is 12.8 Å². The molecule has 0 saturated heterocycles. The number of hydrogen-bond acceptors (Lipinski definition) is 3. The fourth-order valence-corrected chi connectivity index (χ4v) is 3.11. The van der Waals surface area contributed by atoms with E-state index in [2.05, 4.69) is 11.0 Å². The molecule has 0 atom stereocenters. The largest absolute Gasteiger partial charge is 0.368 e. The number of carbonyl (C=O) groups excluding carboxylic acids is 2. The summed E-state index contributed by atoms with van der Waals surface area (Å²) in [5.74, 6) is 1.46. The number of rotatable bonds is 4. The van der Waals surface area contributed by atoms with Crippen LogP contribution in [0.3, 0.4) is 0 Å². The molecule has 2 aliphatic carbocycles. The number of nitrogens with two attached hydrogens (primary N) is 1. The summed E-state index contributed by atoms with van der Waals surface area (Å²) in [5.41, 5.74) is 4.57. The first-order valence-electron chi connectivity index (χ1n) is 7.24. The number of aromatic nitrogens is 2. The number of carbonyl (C=O) groups is 2. The molecular formula is C15H18N4O2. The number of terminal acetylenes is 1. The first kappa shape index (κ1) is 13.7. The monoisotopic (exact) mass is 286 g/mol. The van der Waals surface area contributed by atoms with Crippen LogP contribution in [-0.2, 0) is 9.59 Å². The molecule has 0 bridgehead atoms. The predicted octanol–water partition coefficient (Wildman–Crippen LogP) is 0.982. The zero-order valence-corrected chi connectivity index (χ0v) is 11.8. The quantitative estimate of drug-likeness (QED) is 0.838. The molecule has 1 aromatic heterocycles. The predicted molar refractivity (Wildman–Crippen MR) is 77.2 cm³/mol. The molecular weight excluding hydrogens is 268 g/mol. The van der Waals surface area contributed by atoms with Gasteiger partial charge in [0.05, 0.1) is 6.04 Å². The summed E-state index contributed by atoms with van der Waals surface area (Å²) in [7, 11) is 0. The molecule has 2 N–H and O–H groups in total. The molecule has 110 valence electrons. The van der Waals surface area contributed by atoms with Crippen molar-refractivity contribution in [2.75, 3.05) is 4.90 Å². The second-order valence-corrected chi connectivity index (χ2v) is 5.77. The van der Waals surface area contributed by atoms with Gasteiger partial charge in [0.15, 0.2) is 5.82 Å². The van der Waals surface area contributed by atoms with E-state index in [4.69, 9.17) is 12.2 Å². The molecule has 1 aromatic rings. The van der Waals surface area contributed by atoms with E-state index >= 15 is 0 Å². The first-order chi connectivity index (χ1) is 10.1. The van der Waals surface area contributed by atoms with Gasteiger partial charge in [-0.15, -0.1) is 6.42 Å². The van der Waals surface area contributed by atoms with Crippen LogP contribution in [0.2, 0.25) is 0 Å². The summed E-state index contributed by atoms with van der Waals surface area (Å²) in [5, 5.41) is 4.43. The van der Waals surface area contributed by atoms with Crippen LogP contribution in [-0.4, -0.2) is 27.1 Å². The van der Waals surface area contributed by atoms with Gasteiger partial charge in [0.1, 0.15) is 5.54 Å². The van der Waals surface area contributed by atoms with Crippen LogP contribution in [0.1, 0.15) is 44.6 Å². The maximum absolute atomic E-state index is 12.2. The van der Waals surface area contributed by atoms with Crippen molar-refractivity contribution >= 4 is 17.6 Å². The summed E-state index contributed by atoms with van der Waals surface area (Å²) in [4.78, 5) is 25.6. The molecule has 3 rings (SSSR count).